The number of hydrogen-bond donors (Lipinski definition) is 0. The maximum absolute atomic E-state index is 12.8. The Labute approximate surface area is 171 Å². The summed E-state index contributed by atoms with van der Waals surface area (Å²) in [7, 11) is 5.48. The summed E-state index contributed by atoms with van der Waals surface area (Å²) in [5, 5.41) is 8.80. The van der Waals surface area contributed by atoms with Crippen molar-refractivity contribution in [3.8, 4) is 22.8 Å². The third kappa shape index (κ3) is 4.08. The van der Waals surface area contributed by atoms with Gasteiger partial charge in [0.2, 0.25) is 5.95 Å². The Morgan fingerprint density at radius 3 is 2.41 bits per heavy atom. The van der Waals surface area contributed by atoms with Gasteiger partial charge in [-0.2, -0.15) is 0 Å². The third-order valence-electron chi connectivity index (χ3n) is 4.78. The largest absolute Gasteiger partial charge is 0.497 e. The van der Waals surface area contributed by atoms with Gasteiger partial charge in [-0.25, -0.2) is 0 Å². The molecule has 0 aliphatic carbocycles. The molecule has 0 saturated heterocycles. The van der Waals surface area contributed by atoms with E-state index in [1.165, 1.54) is 0 Å². The van der Waals surface area contributed by atoms with Crippen LogP contribution in [0.4, 0.5) is 5.95 Å². The fourth-order valence-corrected chi connectivity index (χ4v) is 3.22. The number of amides is 1. The summed E-state index contributed by atoms with van der Waals surface area (Å²) < 4.78 is 7.34. The molecule has 7 heteroatoms. The minimum absolute atomic E-state index is 0.0112. The van der Waals surface area contributed by atoms with Crippen molar-refractivity contribution in [2.45, 2.75) is 13.8 Å². The monoisotopic (exact) mass is 393 g/mol. The smallest absolute Gasteiger partial charge is 0.253 e. The lowest BCUT2D eigenvalue weighted by molar-refractivity contribution is 0.0773. The fraction of sp³-hybridized carbons (Fsp3) is 0.318. The van der Waals surface area contributed by atoms with Crippen LogP contribution in [0.3, 0.4) is 0 Å². The van der Waals surface area contributed by atoms with E-state index >= 15 is 0 Å². The molecule has 152 valence electrons. The van der Waals surface area contributed by atoms with Crippen LogP contribution in [0.15, 0.2) is 48.5 Å². The Hall–Kier alpha value is -3.35. The average molecular weight is 393 g/mol. The van der Waals surface area contributed by atoms with Crippen LogP contribution in [-0.4, -0.2) is 59.9 Å². The van der Waals surface area contributed by atoms with Gasteiger partial charge in [-0.3, -0.25) is 9.36 Å². The van der Waals surface area contributed by atoms with Gasteiger partial charge in [-0.15, -0.1) is 10.2 Å². The molecule has 0 fully saturated rings. The van der Waals surface area contributed by atoms with Crippen LogP contribution in [0.2, 0.25) is 0 Å². The number of carbonyl (C=O) groups is 1. The van der Waals surface area contributed by atoms with Gasteiger partial charge in [-0.1, -0.05) is 18.2 Å². The second-order valence-electron chi connectivity index (χ2n) is 6.81. The Balaban J connectivity index is 2.13. The van der Waals surface area contributed by atoms with Gasteiger partial charge in [0.25, 0.3) is 5.91 Å². The highest BCUT2D eigenvalue weighted by Crippen LogP contribution is 2.29. The van der Waals surface area contributed by atoms with Gasteiger partial charge >= 0.3 is 0 Å². The molecule has 0 radical (unpaired) electrons. The van der Waals surface area contributed by atoms with E-state index in [0.29, 0.717) is 30.4 Å². The predicted molar refractivity (Wildman–Crippen MR) is 115 cm³/mol. The molecule has 0 aliphatic rings. The summed E-state index contributed by atoms with van der Waals surface area (Å²) in [6, 6.07) is 15.3. The molecule has 0 bridgehead atoms. The van der Waals surface area contributed by atoms with Crippen molar-refractivity contribution in [2.24, 2.45) is 0 Å². The summed E-state index contributed by atoms with van der Waals surface area (Å²) in [5.41, 5.74) is 2.35. The van der Waals surface area contributed by atoms with Crippen LogP contribution in [0.5, 0.6) is 5.75 Å². The number of rotatable bonds is 7. The lowest BCUT2D eigenvalue weighted by Gasteiger charge is -2.19. The number of aromatic nitrogens is 3. The van der Waals surface area contributed by atoms with Crippen LogP contribution >= 0.6 is 0 Å². The average Bonchev–Trinajstić information content (AvgIpc) is 3.20. The molecule has 0 N–H and O–H groups in total. The number of methoxy groups -OCH3 is 1. The van der Waals surface area contributed by atoms with Crippen molar-refractivity contribution in [2.75, 3.05) is 39.2 Å². The normalized spacial score (nSPS) is 10.7. The van der Waals surface area contributed by atoms with Gasteiger partial charge in [0.05, 0.1) is 12.8 Å². The summed E-state index contributed by atoms with van der Waals surface area (Å²) in [6.07, 6.45) is 0. The van der Waals surface area contributed by atoms with Crippen LogP contribution in [0, 0.1) is 0 Å². The first kappa shape index (κ1) is 20.4. The highest BCUT2D eigenvalue weighted by molar-refractivity contribution is 5.95. The first-order chi connectivity index (χ1) is 14.0. The molecular weight excluding hydrogens is 366 g/mol. The molecule has 0 aliphatic heterocycles. The van der Waals surface area contributed by atoms with Crippen molar-refractivity contribution in [1.82, 2.24) is 19.7 Å². The molecular formula is C22H27N5O2. The summed E-state index contributed by atoms with van der Waals surface area (Å²) in [4.78, 5) is 16.5. The predicted octanol–water partition coefficient (Wildman–Crippen LogP) is 3.49. The maximum atomic E-state index is 12.8. The number of hydrogen-bond acceptors (Lipinski definition) is 5. The minimum atomic E-state index is 0.0112. The Kier molecular flexibility index (Phi) is 6.16. The number of nitrogens with zero attached hydrogens (tertiary/aromatic N) is 5. The minimum Gasteiger partial charge on any atom is -0.497 e. The van der Waals surface area contributed by atoms with E-state index in [1.807, 2.05) is 85.9 Å². The summed E-state index contributed by atoms with van der Waals surface area (Å²) in [5.74, 6) is 2.11. The molecule has 2 aromatic carbocycles. The molecule has 29 heavy (non-hydrogen) atoms. The first-order valence-corrected chi connectivity index (χ1v) is 9.67. The quantitative estimate of drug-likeness (QED) is 0.615. The molecule has 1 amide bonds. The van der Waals surface area contributed by atoms with E-state index in [1.54, 1.807) is 12.0 Å². The SMILES string of the molecule is CCN(CC)C(=O)c1cccc(-c2nnc(N(C)C)n2-c2cccc(OC)c2)c1. The molecule has 7 nitrogen and oxygen atoms in total. The third-order valence-corrected chi connectivity index (χ3v) is 4.78. The number of carbonyl (C=O) groups excluding carboxylic acids is 1. The lowest BCUT2D eigenvalue weighted by atomic mass is 10.1. The number of ether oxygens (including phenoxy) is 1. The van der Waals surface area contributed by atoms with E-state index in [2.05, 4.69) is 10.2 Å². The van der Waals surface area contributed by atoms with Crippen molar-refractivity contribution < 1.29 is 9.53 Å². The van der Waals surface area contributed by atoms with Gasteiger partial charge in [0.1, 0.15) is 5.75 Å². The topological polar surface area (TPSA) is 63.5 Å². The zero-order chi connectivity index (χ0) is 21.0. The Bertz CT molecular complexity index is 992. The molecule has 0 unspecified atom stereocenters. The summed E-state index contributed by atoms with van der Waals surface area (Å²) >= 11 is 0. The molecule has 1 aromatic heterocycles. The second kappa shape index (κ2) is 8.77. The molecule has 0 spiro atoms. The molecule has 3 rings (SSSR count). The number of benzene rings is 2. The van der Waals surface area contributed by atoms with E-state index in [4.69, 9.17) is 4.74 Å². The lowest BCUT2D eigenvalue weighted by Crippen LogP contribution is -2.30. The summed E-state index contributed by atoms with van der Waals surface area (Å²) in [6.45, 7) is 5.30. The fourth-order valence-electron chi connectivity index (χ4n) is 3.22. The van der Waals surface area contributed by atoms with E-state index < -0.39 is 0 Å². The van der Waals surface area contributed by atoms with Gasteiger partial charge in [0.15, 0.2) is 5.82 Å². The van der Waals surface area contributed by atoms with E-state index in [0.717, 1.165) is 17.0 Å². The van der Waals surface area contributed by atoms with Gasteiger partial charge < -0.3 is 14.5 Å². The van der Waals surface area contributed by atoms with E-state index in [9.17, 15) is 4.79 Å². The van der Waals surface area contributed by atoms with Crippen molar-refractivity contribution in [1.29, 1.82) is 0 Å². The van der Waals surface area contributed by atoms with Crippen LogP contribution in [0.25, 0.3) is 17.1 Å². The Morgan fingerprint density at radius 1 is 1.03 bits per heavy atom. The van der Waals surface area contributed by atoms with Crippen molar-refractivity contribution in [3.05, 3.63) is 54.1 Å². The van der Waals surface area contributed by atoms with Crippen molar-refractivity contribution in [3.63, 3.8) is 0 Å². The standard InChI is InChI=1S/C22H27N5O2/c1-6-26(7-2)21(28)17-11-8-10-16(14-17)20-23-24-22(25(3)4)27(20)18-12-9-13-19(15-18)29-5/h8-15H,6-7H2,1-5H3. The van der Waals surface area contributed by atoms with Gasteiger partial charge in [0, 0.05) is 44.4 Å². The first-order valence-electron chi connectivity index (χ1n) is 9.67. The molecule has 0 saturated carbocycles. The van der Waals surface area contributed by atoms with Gasteiger partial charge in [-0.05, 0) is 38.1 Å². The molecule has 0 atom stereocenters. The highest BCUT2D eigenvalue weighted by atomic mass is 16.5. The van der Waals surface area contributed by atoms with Crippen molar-refractivity contribution >= 4 is 11.9 Å². The maximum Gasteiger partial charge on any atom is 0.253 e. The molecule has 1 heterocycles. The number of anilines is 1. The zero-order valence-corrected chi connectivity index (χ0v) is 17.6. The van der Waals surface area contributed by atoms with E-state index in [-0.39, 0.29) is 5.91 Å². The highest BCUT2D eigenvalue weighted by Gasteiger charge is 2.19. The van der Waals surface area contributed by atoms with Crippen LogP contribution in [0.1, 0.15) is 24.2 Å². The van der Waals surface area contributed by atoms with Crippen LogP contribution in [-0.2, 0) is 0 Å². The zero-order valence-electron chi connectivity index (χ0n) is 17.6. The molecule has 3 aromatic rings. The Morgan fingerprint density at radius 2 is 1.76 bits per heavy atom. The second-order valence-corrected chi connectivity index (χ2v) is 6.81. The van der Waals surface area contributed by atoms with Crippen LogP contribution < -0.4 is 9.64 Å².